The highest BCUT2D eigenvalue weighted by Crippen LogP contribution is 2.16. The number of piperazine rings is 1. The minimum atomic E-state index is -0.516. The molecule has 2 aliphatic heterocycles. The van der Waals surface area contributed by atoms with E-state index in [1.807, 2.05) is 11.2 Å². The summed E-state index contributed by atoms with van der Waals surface area (Å²) in [5.41, 5.74) is 0.410. The predicted octanol–water partition coefficient (Wildman–Crippen LogP) is 2.43. The van der Waals surface area contributed by atoms with Gasteiger partial charge in [-0.15, -0.1) is 0 Å². The van der Waals surface area contributed by atoms with Crippen molar-refractivity contribution in [3.05, 3.63) is 34.9 Å². The number of rotatable bonds is 9. The average Bonchev–Trinajstić information content (AvgIpc) is 3.29. The van der Waals surface area contributed by atoms with Crippen LogP contribution in [0.15, 0.2) is 24.3 Å². The molecule has 0 bridgehead atoms. The topological polar surface area (TPSA) is 55.9 Å². The molecule has 2 aliphatic rings. The maximum atomic E-state index is 13.2. The van der Waals surface area contributed by atoms with Gasteiger partial charge in [-0.3, -0.25) is 14.5 Å². The Kier molecular flexibility index (Phi) is 9.30. The molecule has 2 fully saturated rings. The Morgan fingerprint density at radius 1 is 1.03 bits per heavy atom. The second kappa shape index (κ2) is 11.9. The zero-order chi connectivity index (χ0) is 21.3. The van der Waals surface area contributed by atoms with Crippen LogP contribution in [0.3, 0.4) is 0 Å². The molecule has 1 aromatic rings. The Balaban J connectivity index is 1.52. The molecule has 0 spiro atoms. The second-order valence-electron chi connectivity index (χ2n) is 8.00. The van der Waals surface area contributed by atoms with Crippen molar-refractivity contribution < 1.29 is 9.59 Å². The predicted molar refractivity (Wildman–Crippen MR) is 124 cm³/mol. The van der Waals surface area contributed by atoms with Crippen LogP contribution in [0.4, 0.5) is 0 Å². The fourth-order valence-corrected chi connectivity index (χ4v) is 4.77. The lowest BCUT2D eigenvalue weighted by molar-refractivity contribution is -0.135. The monoisotopic (exact) mass is 452 g/mol. The van der Waals surface area contributed by atoms with E-state index in [2.05, 4.69) is 15.1 Å². The van der Waals surface area contributed by atoms with E-state index >= 15 is 0 Å². The number of hydrogen-bond donors (Lipinski definition) is 1. The van der Waals surface area contributed by atoms with E-state index in [9.17, 15) is 9.59 Å². The lowest BCUT2D eigenvalue weighted by Gasteiger charge is -2.37. The number of hydrogen-bond acceptors (Lipinski definition) is 5. The molecular formula is C22H33ClN4O2S. The van der Waals surface area contributed by atoms with Gasteiger partial charge in [-0.25, -0.2) is 0 Å². The molecule has 0 radical (unpaired) electrons. The van der Waals surface area contributed by atoms with Crippen molar-refractivity contribution in [2.45, 2.75) is 25.3 Å². The molecule has 1 atom stereocenters. The first-order valence-corrected chi connectivity index (χ1v) is 12.6. The summed E-state index contributed by atoms with van der Waals surface area (Å²) in [4.78, 5) is 32.8. The third-order valence-corrected chi connectivity index (χ3v) is 6.92. The Morgan fingerprint density at radius 3 is 2.30 bits per heavy atom. The Bertz CT molecular complexity index is 706. The molecule has 2 heterocycles. The molecule has 1 N–H and O–H groups in total. The summed E-state index contributed by atoms with van der Waals surface area (Å²) in [5.74, 6) is 0.544. The largest absolute Gasteiger partial charge is 0.340 e. The highest BCUT2D eigenvalue weighted by Gasteiger charge is 2.29. The van der Waals surface area contributed by atoms with Crippen molar-refractivity contribution in [1.29, 1.82) is 0 Å². The number of carbonyl (C=O) groups excluding carboxylic acids is 2. The first-order valence-electron chi connectivity index (χ1n) is 10.9. The molecule has 0 saturated carbocycles. The summed E-state index contributed by atoms with van der Waals surface area (Å²) in [6, 6.07) is 6.43. The lowest BCUT2D eigenvalue weighted by atomic mass is 10.1. The summed E-state index contributed by atoms with van der Waals surface area (Å²) >= 11 is 7.84. The SMILES string of the molecule is CSCCC(NC(=O)c1ccccc1Cl)C(=O)N1CCN(CCN2CCCC2)CC1. The van der Waals surface area contributed by atoms with E-state index in [1.165, 1.54) is 25.9 Å². The van der Waals surface area contributed by atoms with Gasteiger partial charge in [0.15, 0.2) is 0 Å². The van der Waals surface area contributed by atoms with Gasteiger partial charge >= 0.3 is 0 Å². The van der Waals surface area contributed by atoms with Crippen molar-refractivity contribution in [1.82, 2.24) is 20.0 Å². The van der Waals surface area contributed by atoms with Crippen molar-refractivity contribution in [2.75, 3.05) is 64.4 Å². The number of likely N-dealkylation sites (tertiary alicyclic amines) is 1. The number of benzene rings is 1. The normalized spacial score (nSPS) is 19.1. The van der Waals surface area contributed by atoms with Gasteiger partial charge in [0.05, 0.1) is 10.6 Å². The Labute approximate surface area is 189 Å². The summed E-state index contributed by atoms with van der Waals surface area (Å²) in [7, 11) is 0. The summed E-state index contributed by atoms with van der Waals surface area (Å²) in [6.45, 7) is 7.87. The molecule has 0 aliphatic carbocycles. The van der Waals surface area contributed by atoms with E-state index in [0.717, 1.165) is 45.0 Å². The van der Waals surface area contributed by atoms with E-state index in [0.29, 0.717) is 17.0 Å². The molecule has 166 valence electrons. The molecule has 8 heteroatoms. The summed E-state index contributed by atoms with van der Waals surface area (Å²) in [6.07, 6.45) is 5.27. The fraction of sp³-hybridized carbons (Fsp3) is 0.636. The van der Waals surface area contributed by atoms with E-state index in [1.54, 1.807) is 36.0 Å². The van der Waals surface area contributed by atoms with Crippen LogP contribution >= 0.6 is 23.4 Å². The average molecular weight is 453 g/mol. The number of halogens is 1. The number of carbonyl (C=O) groups is 2. The van der Waals surface area contributed by atoms with E-state index < -0.39 is 6.04 Å². The van der Waals surface area contributed by atoms with E-state index in [-0.39, 0.29) is 11.8 Å². The minimum absolute atomic E-state index is 0.0173. The number of amides is 2. The first-order chi connectivity index (χ1) is 14.6. The number of nitrogens with one attached hydrogen (secondary N) is 1. The van der Waals surface area contributed by atoms with Crippen LogP contribution in [0.2, 0.25) is 5.02 Å². The molecule has 1 aromatic carbocycles. The van der Waals surface area contributed by atoms with Gasteiger partial charge < -0.3 is 15.1 Å². The van der Waals surface area contributed by atoms with Gasteiger partial charge in [0.2, 0.25) is 5.91 Å². The van der Waals surface area contributed by atoms with Crippen molar-refractivity contribution >= 4 is 35.2 Å². The van der Waals surface area contributed by atoms with Crippen LogP contribution < -0.4 is 5.32 Å². The molecule has 3 rings (SSSR count). The van der Waals surface area contributed by atoms with Crippen LogP contribution in [0, 0.1) is 0 Å². The van der Waals surface area contributed by atoms with Crippen LogP contribution in [-0.2, 0) is 4.79 Å². The molecule has 2 saturated heterocycles. The van der Waals surface area contributed by atoms with Gasteiger partial charge in [0, 0.05) is 39.3 Å². The van der Waals surface area contributed by atoms with Crippen molar-refractivity contribution in [2.24, 2.45) is 0 Å². The van der Waals surface area contributed by atoms with Crippen LogP contribution in [0.25, 0.3) is 0 Å². The highest BCUT2D eigenvalue weighted by molar-refractivity contribution is 7.98. The third-order valence-electron chi connectivity index (χ3n) is 5.95. The quantitative estimate of drug-likeness (QED) is 0.623. The first kappa shape index (κ1) is 23.4. The van der Waals surface area contributed by atoms with Gasteiger partial charge in [0.25, 0.3) is 5.91 Å². The maximum Gasteiger partial charge on any atom is 0.253 e. The molecule has 2 amide bonds. The summed E-state index contributed by atoms with van der Waals surface area (Å²) < 4.78 is 0. The maximum absolute atomic E-state index is 13.2. The molecule has 1 unspecified atom stereocenters. The van der Waals surface area contributed by atoms with Crippen molar-refractivity contribution in [3.8, 4) is 0 Å². The van der Waals surface area contributed by atoms with Crippen LogP contribution in [0.5, 0.6) is 0 Å². The standard InChI is InChI=1S/C22H33ClN4O2S/c1-30-17-8-20(24-21(28)18-6-2-3-7-19(18)23)22(29)27-15-13-26(14-16-27)12-11-25-9-4-5-10-25/h2-3,6-7,20H,4-5,8-17H2,1H3,(H,24,28). The third kappa shape index (κ3) is 6.61. The second-order valence-corrected chi connectivity index (χ2v) is 9.40. The Morgan fingerprint density at radius 2 is 1.67 bits per heavy atom. The van der Waals surface area contributed by atoms with Gasteiger partial charge in [-0.2, -0.15) is 11.8 Å². The molecule has 30 heavy (non-hydrogen) atoms. The smallest absolute Gasteiger partial charge is 0.253 e. The van der Waals surface area contributed by atoms with Gasteiger partial charge in [-0.1, -0.05) is 23.7 Å². The molecule has 0 aromatic heterocycles. The van der Waals surface area contributed by atoms with Gasteiger partial charge in [-0.05, 0) is 56.5 Å². The number of nitrogens with zero attached hydrogens (tertiary/aromatic N) is 3. The minimum Gasteiger partial charge on any atom is -0.340 e. The zero-order valence-electron chi connectivity index (χ0n) is 17.8. The van der Waals surface area contributed by atoms with Crippen LogP contribution in [0.1, 0.15) is 29.6 Å². The number of thioether (sulfide) groups is 1. The van der Waals surface area contributed by atoms with Crippen LogP contribution in [-0.4, -0.2) is 96.9 Å². The van der Waals surface area contributed by atoms with E-state index in [4.69, 9.17) is 11.6 Å². The molecular weight excluding hydrogens is 420 g/mol. The van der Waals surface area contributed by atoms with Gasteiger partial charge in [0.1, 0.15) is 6.04 Å². The summed E-state index contributed by atoms with van der Waals surface area (Å²) in [5, 5.41) is 3.33. The highest BCUT2D eigenvalue weighted by atomic mass is 35.5. The lowest BCUT2D eigenvalue weighted by Crippen LogP contribution is -2.55. The van der Waals surface area contributed by atoms with Crippen molar-refractivity contribution in [3.63, 3.8) is 0 Å². The zero-order valence-corrected chi connectivity index (χ0v) is 19.4. The molecule has 6 nitrogen and oxygen atoms in total. The fourth-order valence-electron chi connectivity index (χ4n) is 4.08. The Hall–Kier alpha value is -1.28.